The van der Waals surface area contributed by atoms with Gasteiger partial charge in [-0.15, -0.1) is 0 Å². The Morgan fingerprint density at radius 1 is 0.963 bits per heavy atom. The Morgan fingerprint density at radius 3 is 2.44 bits per heavy atom. The molecule has 0 aliphatic rings. The first-order valence-electron chi connectivity index (χ1n) is 9.35. The fourth-order valence-corrected chi connectivity index (χ4v) is 6.39. The first kappa shape index (κ1) is 20.0. The van der Waals surface area contributed by atoms with Crippen LogP contribution in [0.15, 0.2) is 60.8 Å². The first-order valence-corrected chi connectivity index (χ1v) is 19.3. The van der Waals surface area contributed by atoms with Gasteiger partial charge >= 0.3 is 130 Å². The van der Waals surface area contributed by atoms with Gasteiger partial charge in [0, 0.05) is 0 Å². The zero-order valence-electron chi connectivity index (χ0n) is 16.6. The zero-order valence-corrected chi connectivity index (χ0v) is 19.5. The molecule has 0 amide bonds. The number of benzene rings is 2. The van der Waals surface area contributed by atoms with Gasteiger partial charge in [0.05, 0.1) is 0 Å². The minimum atomic E-state index is -2.04. The molecule has 0 atom stereocenters. The summed E-state index contributed by atoms with van der Waals surface area (Å²) in [5.74, 6) is 0.622. The summed E-state index contributed by atoms with van der Waals surface area (Å²) in [6.07, 6.45) is 1.95. The number of rotatable bonds is 8. The number of ether oxygens (including phenoxy) is 2. The van der Waals surface area contributed by atoms with Gasteiger partial charge in [-0.1, -0.05) is 30.3 Å². The Morgan fingerprint density at radius 2 is 1.74 bits per heavy atom. The van der Waals surface area contributed by atoms with Gasteiger partial charge in [0.15, 0.2) is 0 Å². The third-order valence-electron chi connectivity index (χ3n) is 4.46. The molecule has 0 aliphatic carbocycles. The Bertz CT molecular complexity index is 870. The van der Waals surface area contributed by atoms with Crippen molar-refractivity contribution in [3.05, 3.63) is 71.9 Å². The molecule has 4 nitrogen and oxygen atoms in total. The third kappa shape index (κ3) is 5.59. The molecule has 5 heteroatoms. The molecule has 0 saturated heterocycles. The molecule has 27 heavy (non-hydrogen) atoms. The second kappa shape index (κ2) is 8.93. The molecule has 0 bridgehead atoms. The van der Waals surface area contributed by atoms with Crippen molar-refractivity contribution in [2.45, 2.75) is 28.3 Å². The van der Waals surface area contributed by atoms with Crippen LogP contribution in [-0.2, 0) is 11.3 Å². The number of hydrogen-bond acceptors (Lipinski definition) is 3. The van der Waals surface area contributed by atoms with Gasteiger partial charge in [0.1, 0.15) is 0 Å². The molecule has 0 aliphatic heterocycles. The average Bonchev–Trinajstić information content (AvgIpc) is 3.10. The maximum absolute atomic E-state index is 5.72. The van der Waals surface area contributed by atoms with E-state index >= 15 is 0 Å². The Balaban J connectivity index is 1.52. The fourth-order valence-electron chi connectivity index (χ4n) is 2.87. The van der Waals surface area contributed by atoms with Gasteiger partial charge in [0.2, 0.25) is 0 Å². The molecule has 0 spiro atoms. The predicted molar refractivity (Wildman–Crippen MR) is 113 cm³/mol. The Labute approximate surface area is 166 Å². The number of nitrogens with zero attached hydrogens (tertiary/aromatic N) is 2. The molecule has 1 aromatic heterocycles. The van der Waals surface area contributed by atoms with E-state index in [0.29, 0.717) is 25.7 Å². The van der Waals surface area contributed by atoms with E-state index in [4.69, 9.17) is 9.47 Å². The van der Waals surface area contributed by atoms with Gasteiger partial charge in [-0.25, -0.2) is 0 Å². The van der Waals surface area contributed by atoms with Crippen molar-refractivity contribution >= 4 is 22.0 Å². The van der Waals surface area contributed by atoms with E-state index in [1.54, 1.807) is 0 Å². The summed E-state index contributed by atoms with van der Waals surface area (Å²) in [6.45, 7) is 3.77. The van der Waals surface area contributed by atoms with Crippen molar-refractivity contribution in [2.24, 2.45) is 0 Å². The van der Waals surface area contributed by atoms with Crippen molar-refractivity contribution in [3.8, 4) is 11.6 Å². The normalized spacial score (nSPS) is 11.6. The number of aromatic nitrogens is 2. The first-order chi connectivity index (χ1) is 12.9. The molecular formula is C22H28N2O2Sn. The summed E-state index contributed by atoms with van der Waals surface area (Å²) in [4.78, 5) is 7.30. The van der Waals surface area contributed by atoms with Gasteiger partial charge in [-0.2, -0.15) is 0 Å². The standard InChI is InChI=1S/C19H19N2O2.3CH3.Sn/c1-16-7-5-6-10-18(16)21-12-11-19(20-21)23-14-13-22-15-17-8-3-2-4-9-17;;;;/h2-4,6-12H,13-15H2,1H3;3*1H3;. The van der Waals surface area contributed by atoms with Crippen LogP contribution in [0.5, 0.6) is 5.88 Å². The van der Waals surface area contributed by atoms with Crippen LogP contribution in [-0.4, -0.2) is 41.4 Å². The van der Waals surface area contributed by atoms with Crippen molar-refractivity contribution in [1.82, 2.24) is 9.78 Å². The topological polar surface area (TPSA) is 36.3 Å². The average molecular weight is 471 g/mol. The summed E-state index contributed by atoms with van der Waals surface area (Å²) in [7, 11) is 0. The van der Waals surface area contributed by atoms with Crippen molar-refractivity contribution in [3.63, 3.8) is 0 Å². The van der Waals surface area contributed by atoms with Gasteiger partial charge in [0.25, 0.3) is 0 Å². The van der Waals surface area contributed by atoms with Crippen molar-refractivity contribution in [2.75, 3.05) is 13.2 Å². The van der Waals surface area contributed by atoms with E-state index in [1.807, 2.05) is 35.1 Å². The molecule has 0 unspecified atom stereocenters. The molecule has 3 aromatic rings. The summed E-state index contributed by atoms with van der Waals surface area (Å²) in [6, 6.07) is 18.8. The number of hydrogen-bond donors (Lipinski definition) is 0. The van der Waals surface area contributed by atoms with Crippen LogP contribution < -0.4 is 8.32 Å². The predicted octanol–water partition coefficient (Wildman–Crippen LogP) is 4.32. The molecular weight excluding hydrogens is 443 g/mol. The second-order valence-corrected chi connectivity index (χ2v) is 22.2. The third-order valence-corrected chi connectivity index (χ3v) is 10.3. The molecule has 0 saturated carbocycles. The molecule has 3 rings (SSSR count). The van der Waals surface area contributed by atoms with Crippen LogP contribution >= 0.6 is 0 Å². The molecule has 2 aromatic carbocycles. The van der Waals surface area contributed by atoms with Gasteiger partial charge in [-0.05, 0) is 5.56 Å². The zero-order chi connectivity index (χ0) is 19.3. The van der Waals surface area contributed by atoms with E-state index in [2.05, 4.69) is 57.2 Å². The molecule has 1 heterocycles. The summed E-state index contributed by atoms with van der Waals surface area (Å²) < 4.78 is 14.8. The van der Waals surface area contributed by atoms with Crippen LogP contribution in [0.1, 0.15) is 11.1 Å². The van der Waals surface area contributed by atoms with E-state index < -0.39 is 18.4 Å². The summed E-state index contributed by atoms with van der Waals surface area (Å²) in [5.41, 5.74) is 3.52. The van der Waals surface area contributed by atoms with E-state index in [1.165, 1.54) is 14.7 Å². The molecule has 142 valence electrons. The SMILES string of the molecule is Cc1c[c]([Sn]([CH3])([CH3])[CH3])ccc1-n1ccc(OCCOCc2ccccc2)n1. The Kier molecular flexibility index (Phi) is 6.60. The summed E-state index contributed by atoms with van der Waals surface area (Å²) in [5, 5.41) is 4.55. The van der Waals surface area contributed by atoms with Crippen LogP contribution in [0.4, 0.5) is 0 Å². The maximum atomic E-state index is 5.72. The van der Waals surface area contributed by atoms with Crippen LogP contribution in [0.2, 0.25) is 14.8 Å². The Hall–Kier alpha value is -1.79. The minimum absolute atomic E-state index is 0.486. The number of aryl methyl sites for hydroxylation is 1. The van der Waals surface area contributed by atoms with Crippen molar-refractivity contribution < 1.29 is 9.47 Å². The quantitative estimate of drug-likeness (QED) is 0.363. The van der Waals surface area contributed by atoms with Gasteiger partial charge < -0.3 is 0 Å². The fraction of sp³-hybridized carbons (Fsp3) is 0.318. The molecule has 0 fully saturated rings. The molecule has 0 radical (unpaired) electrons. The summed E-state index contributed by atoms with van der Waals surface area (Å²) >= 11 is -2.04. The van der Waals surface area contributed by atoms with E-state index in [9.17, 15) is 0 Å². The van der Waals surface area contributed by atoms with Crippen LogP contribution in [0, 0.1) is 6.92 Å². The second-order valence-electron chi connectivity index (χ2n) is 7.74. The van der Waals surface area contributed by atoms with E-state index in [-0.39, 0.29) is 0 Å². The van der Waals surface area contributed by atoms with Crippen molar-refractivity contribution in [1.29, 1.82) is 0 Å². The monoisotopic (exact) mass is 472 g/mol. The van der Waals surface area contributed by atoms with Crippen LogP contribution in [0.3, 0.4) is 0 Å². The molecule has 0 N–H and O–H groups in total. The van der Waals surface area contributed by atoms with E-state index in [0.717, 1.165) is 5.69 Å². The van der Waals surface area contributed by atoms with Crippen LogP contribution in [0.25, 0.3) is 5.69 Å². The van der Waals surface area contributed by atoms with Gasteiger partial charge in [-0.3, -0.25) is 0 Å².